The molecule has 5 aromatic rings. The molecule has 0 aliphatic heterocycles. The second-order valence-electron chi connectivity index (χ2n) is 8.36. The number of fused-ring (bicyclic) bond motifs is 1. The van der Waals surface area contributed by atoms with Crippen LogP contribution in [0.1, 0.15) is 5.56 Å². The van der Waals surface area contributed by atoms with Crippen molar-refractivity contribution in [3.8, 4) is 45.4 Å². The molecule has 0 bridgehead atoms. The van der Waals surface area contributed by atoms with Crippen LogP contribution in [0.15, 0.2) is 100 Å². The fourth-order valence-corrected chi connectivity index (χ4v) is 4.23. The molecule has 6 heteroatoms. The van der Waals surface area contributed by atoms with E-state index in [1.807, 2.05) is 78.9 Å². The Morgan fingerprint density at radius 1 is 0.676 bits per heavy atom. The Bertz CT molecular complexity index is 1570. The summed E-state index contributed by atoms with van der Waals surface area (Å²) in [6, 6.07) is 28.1. The first-order valence-corrected chi connectivity index (χ1v) is 11.8. The van der Waals surface area contributed by atoms with E-state index in [0.29, 0.717) is 40.4 Å². The fraction of sp³-hybridized carbons (Fsp3) is 0.129. The van der Waals surface area contributed by atoms with Crippen LogP contribution in [0.4, 0.5) is 0 Å². The summed E-state index contributed by atoms with van der Waals surface area (Å²) in [6.07, 6.45) is 0. The summed E-state index contributed by atoms with van der Waals surface area (Å²) in [4.78, 5) is 13.3. The fourth-order valence-electron chi connectivity index (χ4n) is 4.23. The van der Waals surface area contributed by atoms with Crippen LogP contribution in [-0.4, -0.2) is 21.3 Å². The first-order chi connectivity index (χ1) is 18.1. The summed E-state index contributed by atoms with van der Waals surface area (Å²) >= 11 is 0. The van der Waals surface area contributed by atoms with Gasteiger partial charge in [0.2, 0.25) is 0 Å². The van der Waals surface area contributed by atoms with E-state index in [9.17, 15) is 4.79 Å². The molecule has 0 saturated heterocycles. The van der Waals surface area contributed by atoms with Crippen LogP contribution >= 0.6 is 0 Å². The topological polar surface area (TPSA) is 67.1 Å². The minimum Gasteiger partial charge on any atom is -0.497 e. The van der Waals surface area contributed by atoms with Crippen LogP contribution in [0.2, 0.25) is 0 Å². The first-order valence-electron chi connectivity index (χ1n) is 11.8. The number of methoxy groups -OCH3 is 3. The first kappa shape index (κ1) is 24.0. The minimum absolute atomic E-state index is 0.213. The standard InChI is InChI=1S/C31H26O6/c1-33-23-13-11-22(12-14-23)29-27(34-2)18-28(35-3)30-25(32)17-26(37-31(29)30)21-9-15-24(16-10-21)36-19-20-7-5-4-6-8-20/h4-18H,19H2,1-3H3. The van der Waals surface area contributed by atoms with E-state index in [4.69, 9.17) is 23.4 Å². The van der Waals surface area contributed by atoms with E-state index in [1.54, 1.807) is 20.3 Å². The average Bonchev–Trinajstić information content (AvgIpc) is 2.96. The highest BCUT2D eigenvalue weighted by molar-refractivity contribution is 6.00. The van der Waals surface area contributed by atoms with Crippen molar-refractivity contribution in [2.24, 2.45) is 0 Å². The molecular weight excluding hydrogens is 468 g/mol. The van der Waals surface area contributed by atoms with Gasteiger partial charge >= 0.3 is 0 Å². The van der Waals surface area contributed by atoms with Gasteiger partial charge in [-0.25, -0.2) is 0 Å². The maximum absolute atomic E-state index is 13.3. The zero-order valence-corrected chi connectivity index (χ0v) is 20.8. The summed E-state index contributed by atoms with van der Waals surface area (Å²) in [7, 11) is 4.70. The zero-order valence-electron chi connectivity index (χ0n) is 20.8. The molecule has 0 fully saturated rings. The van der Waals surface area contributed by atoms with Crippen LogP contribution in [0.25, 0.3) is 33.4 Å². The van der Waals surface area contributed by atoms with E-state index in [2.05, 4.69) is 0 Å². The van der Waals surface area contributed by atoms with Gasteiger partial charge in [-0.2, -0.15) is 0 Å². The SMILES string of the molecule is COc1ccc(-c2c(OC)cc(OC)c3c(=O)cc(-c4ccc(OCc5ccccc5)cc4)oc23)cc1. The number of hydrogen-bond acceptors (Lipinski definition) is 6. The molecule has 0 aliphatic rings. The molecule has 4 aromatic carbocycles. The average molecular weight is 495 g/mol. The number of ether oxygens (including phenoxy) is 4. The van der Waals surface area contributed by atoms with Gasteiger partial charge in [-0.05, 0) is 47.5 Å². The van der Waals surface area contributed by atoms with Gasteiger partial charge in [0, 0.05) is 17.7 Å². The predicted octanol–water partition coefficient (Wildman–Crippen LogP) is 6.73. The van der Waals surface area contributed by atoms with Gasteiger partial charge in [0.25, 0.3) is 0 Å². The molecule has 0 saturated carbocycles. The highest BCUT2D eigenvalue weighted by atomic mass is 16.5. The van der Waals surface area contributed by atoms with Crippen molar-refractivity contribution in [2.75, 3.05) is 21.3 Å². The van der Waals surface area contributed by atoms with E-state index in [0.717, 1.165) is 28.2 Å². The molecule has 1 heterocycles. The highest BCUT2D eigenvalue weighted by Gasteiger charge is 2.21. The van der Waals surface area contributed by atoms with E-state index < -0.39 is 0 Å². The molecule has 186 valence electrons. The molecule has 1 aromatic heterocycles. The maximum atomic E-state index is 13.3. The Morgan fingerprint density at radius 2 is 1.32 bits per heavy atom. The lowest BCUT2D eigenvalue weighted by molar-refractivity contribution is 0.306. The predicted molar refractivity (Wildman–Crippen MR) is 144 cm³/mol. The summed E-state index contributed by atoms with van der Waals surface area (Å²) in [5.74, 6) is 2.78. The van der Waals surface area contributed by atoms with Crippen molar-refractivity contribution in [2.45, 2.75) is 6.61 Å². The van der Waals surface area contributed by atoms with Crippen LogP contribution in [-0.2, 0) is 6.61 Å². The van der Waals surface area contributed by atoms with Gasteiger partial charge in [0.05, 0.1) is 26.9 Å². The highest BCUT2D eigenvalue weighted by Crippen LogP contribution is 2.42. The molecule has 6 nitrogen and oxygen atoms in total. The van der Waals surface area contributed by atoms with E-state index in [-0.39, 0.29) is 5.43 Å². The number of hydrogen-bond donors (Lipinski definition) is 0. The molecule has 0 N–H and O–H groups in total. The van der Waals surface area contributed by atoms with Crippen LogP contribution in [0.5, 0.6) is 23.0 Å². The minimum atomic E-state index is -0.213. The van der Waals surface area contributed by atoms with Crippen LogP contribution < -0.4 is 24.4 Å². The molecule has 0 radical (unpaired) electrons. The lowest BCUT2D eigenvalue weighted by atomic mass is 10.00. The number of benzene rings is 4. The zero-order chi connectivity index (χ0) is 25.8. The summed E-state index contributed by atoms with van der Waals surface area (Å²) < 4.78 is 28.8. The van der Waals surface area contributed by atoms with Gasteiger partial charge in [0.15, 0.2) is 11.0 Å². The van der Waals surface area contributed by atoms with E-state index >= 15 is 0 Å². The Kier molecular flexibility index (Phi) is 6.81. The normalized spacial score (nSPS) is 10.8. The van der Waals surface area contributed by atoms with Crippen LogP contribution in [0.3, 0.4) is 0 Å². The van der Waals surface area contributed by atoms with Gasteiger partial charge in [-0.1, -0.05) is 42.5 Å². The second kappa shape index (κ2) is 10.5. The molecule has 5 rings (SSSR count). The van der Waals surface area contributed by atoms with Gasteiger partial charge in [-0.15, -0.1) is 0 Å². The van der Waals surface area contributed by atoms with Crippen LogP contribution in [0, 0.1) is 0 Å². The third-order valence-corrected chi connectivity index (χ3v) is 6.14. The van der Waals surface area contributed by atoms with Gasteiger partial charge in [0.1, 0.15) is 40.8 Å². The molecule has 0 aliphatic carbocycles. The Hall–Kier alpha value is -4.71. The smallest absolute Gasteiger partial charge is 0.197 e. The lowest BCUT2D eigenvalue weighted by Gasteiger charge is -2.15. The maximum Gasteiger partial charge on any atom is 0.197 e. The van der Waals surface area contributed by atoms with Crippen molar-refractivity contribution in [1.82, 2.24) is 0 Å². The molecule has 0 unspecified atom stereocenters. The summed E-state index contributed by atoms with van der Waals surface area (Å²) in [5.41, 5.74) is 3.47. The molecule has 0 amide bonds. The van der Waals surface area contributed by atoms with Crippen molar-refractivity contribution < 1.29 is 23.4 Å². The third-order valence-electron chi connectivity index (χ3n) is 6.14. The van der Waals surface area contributed by atoms with Crippen molar-refractivity contribution in [3.05, 3.63) is 107 Å². The quantitative estimate of drug-likeness (QED) is 0.238. The largest absolute Gasteiger partial charge is 0.497 e. The van der Waals surface area contributed by atoms with Crippen molar-refractivity contribution >= 4 is 11.0 Å². The van der Waals surface area contributed by atoms with Crippen molar-refractivity contribution in [1.29, 1.82) is 0 Å². The third kappa shape index (κ3) is 4.86. The lowest BCUT2D eigenvalue weighted by Crippen LogP contribution is -2.05. The molecular formula is C31H26O6. The number of rotatable bonds is 8. The molecule has 37 heavy (non-hydrogen) atoms. The monoisotopic (exact) mass is 494 g/mol. The molecule has 0 spiro atoms. The summed E-state index contributed by atoms with van der Waals surface area (Å²) in [5, 5.41) is 0.348. The summed E-state index contributed by atoms with van der Waals surface area (Å²) in [6.45, 7) is 0.468. The van der Waals surface area contributed by atoms with Gasteiger partial charge in [-0.3, -0.25) is 4.79 Å². The van der Waals surface area contributed by atoms with E-state index in [1.165, 1.54) is 13.2 Å². The Balaban J connectivity index is 1.58. The Morgan fingerprint density at radius 3 is 1.97 bits per heavy atom. The second-order valence-corrected chi connectivity index (χ2v) is 8.36. The van der Waals surface area contributed by atoms with Crippen molar-refractivity contribution in [3.63, 3.8) is 0 Å². The Labute approximate surface area is 214 Å². The molecule has 0 atom stereocenters. The van der Waals surface area contributed by atoms with Gasteiger partial charge < -0.3 is 23.4 Å².